The molecule has 0 aliphatic heterocycles. The fourth-order valence-electron chi connectivity index (χ4n) is 3.92. The molecule has 0 saturated carbocycles. The van der Waals surface area contributed by atoms with E-state index in [1.54, 1.807) is 24.3 Å². The Bertz CT molecular complexity index is 1220. The van der Waals surface area contributed by atoms with Crippen LogP contribution in [-0.4, -0.2) is 16.0 Å². The van der Waals surface area contributed by atoms with Gasteiger partial charge in [0.1, 0.15) is 11.5 Å². The summed E-state index contributed by atoms with van der Waals surface area (Å²) in [6.45, 7) is 0. The summed E-state index contributed by atoms with van der Waals surface area (Å²) < 4.78 is 0. The molecule has 0 unspecified atom stereocenters. The van der Waals surface area contributed by atoms with Gasteiger partial charge in [-0.15, -0.1) is 0 Å². The second-order valence-electron chi connectivity index (χ2n) is 6.88. The Labute approximate surface area is 162 Å². The third-order valence-corrected chi connectivity index (χ3v) is 5.23. The number of phenolic OH excluding ortho intramolecular Hbond substituents is 2. The minimum Gasteiger partial charge on any atom is -0.508 e. The summed E-state index contributed by atoms with van der Waals surface area (Å²) >= 11 is 0. The summed E-state index contributed by atoms with van der Waals surface area (Å²) in [5.41, 5.74) is 6.77. The van der Waals surface area contributed by atoms with Crippen molar-refractivity contribution < 1.29 is 15.0 Å². The van der Waals surface area contributed by atoms with E-state index in [1.165, 1.54) is 0 Å². The van der Waals surface area contributed by atoms with Crippen molar-refractivity contribution in [3.8, 4) is 44.9 Å². The van der Waals surface area contributed by atoms with Gasteiger partial charge in [-0.2, -0.15) is 0 Å². The summed E-state index contributed by atoms with van der Waals surface area (Å²) in [7, 11) is 0. The SMILES string of the molecule is O=C1c2ccccc2-c2ccc(-c3ccc(O)cc3)c(-c3ccc(O)cc3)c21. The standard InChI is InChI=1S/C25H16O3/c26-17-9-5-15(6-10-17)19-13-14-21-20-3-1-2-4-22(20)25(28)24(21)23(19)16-7-11-18(27)12-8-16/h1-14,26-27H. The van der Waals surface area contributed by atoms with Crippen molar-refractivity contribution in [3.63, 3.8) is 0 Å². The van der Waals surface area contributed by atoms with Crippen LogP contribution < -0.4 is 0 Å². The first kappa shape index (κ1) is 16.3. The Balaban J connectivity index is 1.84. The third kappa shape index (κ3) is 2.41. The highest BCUT2D eigenvalue weighted by atomic mass is 16.3. The number of hydrogen-bond donors (Lipinski definition) is 2. The van der Waals surface area contributed by atoms with Gasteiger partial charge in [-0.05, 0) is 52.1 Å². The van der Waals surface area contributed by atoms with Crippen LogP contribution >= 0.6 is 0 Å². The van der Waals surface area contributed by atoms with Crippen LogP contribution in [0.5, 0.6) is 11.5 Å². The predicted molar refractivity (Wildman–Crippen MR) is 110 cm³/mol. The van der Waals surface area contributed by atoms with E-state index in [9.17, 15) is 15.0 Å². The van der Waals surface area contributed by atoms with Gasteiger partial charge in [-0.1, -0.05) is 60.7 Å². The highest BCUT2D eigenvalue weighted by Gasteiger charge is 2.31. The third-order valence-electron chi connectivity index (χ3n) is 5.23. The lowest BCUT2D eigenvalue weighted by Crippen LogP contribution is -2.00. The number of ketones is 1. The lowest BCUT2D eigenvalue weighted by atomic mass is 9.87. The Morgan fingerprint density at radius 1 is 0.464 bits per heavy atom. The van der Waals surface area contributed by atoms with Crippen LogP contribution in [0.15, 0.2) is 84.9 Å². The summed E-state index contributed by atoms with van der Waals surface area (Å²) in [4.78, 5) is 13.3. The number of aromatic hydroxyl groups is 2. The summed E-state index contributed by atoms with van der Waals surface area (Å²) in [6.07, 6.45) is 0. The van der Waals surface area contributed by atoms with Crippen LogP contribution in [0.3, 0.4) is 0 Å². The van der Waals surface area contributed by atoms with Gasteiger partial charge in [0.2, 0.25) is 0 Å². The van der Waals surface area contributed by atoms with Gasteiger partial charge in [0, 0.05) is 16.7 Å². The van der Waals surface area contributed by atoms with E-state index in [0.29, 0.717) is 11.1 Å². The molecule has 28 heavy (non-hydrogen) atoms. The molecule has 1 aliphatic rings. The van der Waals surface area contributed by atoms with Gasteiger partial charge in [0.05, 0.1) is 0 Å². The quantitative estimate of drug-likeness (QED) is 0.426. The number of hydrogen-bond acceptors (Lipinski definition) is 3. The predicted octanol–water partition coefficient (Wildman–Crippen LogP) is 5.64. The Hall–Kier alpha value is -3.85. The van der Waals surface area contributed by atoms with Crippen LogP contribution in [0.1, 0.15) is 15.9 Å². The molecule has 0 fully saturated rings. The van der Waals surface area contributed by atoms with Crippen molar-refractivity contribution in [1.82, 2.24) is 0 Å². The molecule has 0 radical (unpaired) electrons. The molecule has 3 nitrogen and oxygen atoms in total. The maximum Gasteiger partial charge on any atom is 0.194 e. The average Bonchev–Trinajstić information content (AvgIpc) is 3.02. The molecular weight excluding hydrogens is 348 g/mol. The molecule has 0 heterocycles. The number of fused-ring (bicyclic) bond motifs is 3. The molecule has 4 aromatic rings. The van der Waals surface area contributed by atoms with E-state index in [4.69, 9.17) is 0 Å². The fourth-order valence-corrected chi connectivity index (χ4v) is 3.92. The van der Waals surface area contributed by atoms with Crippen LogP contribution in [0, 0.1) is 0 Å². The van der Waals surface area contributed by atoms with Crippen LogP contribution in [0.25, 0.3) is 33.4 Å². The highest BCUT2D eigenvalue weighted by Crippen LogP contribution is 2.46. The smallest absolute Gasteiger partial charge is 0.194 e. The van der Waals surface area contributed by atoms with Crippen LogP contribution in [0.4, 0.5) is 0 Å². The lowest BCUT2D eigenvalue weighted by Gasteiger charge is -2.15. The summed E-state index contributed by atoms with van der Waals surface area (Å²) in [6, 6.07) is 25.5. The molecule has 1 aliphatic carbocycles. The molecule has 0 saturated heterocycles. The topological polar surface area (TPSA) is 57.5 Å². The van der Waals surface area contributed by atoms with Crippen molar-refractivity contribution in [2.75, 3.05) is 0 Å². The number of benzene rings is 4. The molecule has 5 rings (SSSR count). The highest BCUT2D eigenvalue weighted by molar-refractivity contribution is 6.26. The molecular formula is C25H16O3. The maximum absolute atomic E-state index is 13.3. The second kappa shape index (κ2) is 6.10. The molecule has 0 spiro atoms. The Morgan fingerprint density at radius 3 is 1.64 bits per heavy atom. The number of phenols is 2. The molecule has 2 N–H and O–H groups in total. The summed E-state index contributed by atoms with van der Waals surface area (Å²) in [5, 5.41) is 19.4. The lowest BCUT2D eigenvalue weighted by molar-refractivity contribution is 0.104. The van der Waals surface area contributed by atoms with Gasteiger partial charge < -0.3 is 10.2 Å². The molecule has 4 aromatic carbocycles. The monoisotopic (exact) mass is 364 g/mol. The molecule has 0 bridgehead atoms. The Morgan fingerprint density at radius 2 is 1.00 bits per heavy atom. The largest absolute Gasteiger partial charge is 0.508 e. The number of carbonyl (C=O) groups excluding carboxylic acids is 1. The molecule has 134 valence electrons. The van der Waals surface area contributed by atoms with Crippen molar-refractivity contribution in [3.05, 3.63) is 96.1 Å². The van der Waals surface area contributed by atoms with E-state index < -0.39 is 0 Å². The first-order chi connectivity index (χ1) is 13.6. The normalized spacial score (nSPS) is 11.9. The van der Waals surface area contributed by atoms with Crippen molar-refractivity contribution in [2.45, 2.75) is 0 Å². The summed E-state index contributed by atoms with van der Waals surface area (Å²) in [5.74, 6) is 0.381. The first-order valence-electron chi connectivity index (χ1n) is 9.03. The molecule has 3 heteroatoms. The van der Waals surface area contributed by atoms with Gasteiger partial charge in [0.15, 0.2) is 5.78 Å². The Kier molecular flexibility index (Phi) is 3.56. The first-order valence-corrected chi connectivity index (χ1v) is 9.03. The van der Waals surface area contributed by atoms with Crippen molar-refractivity contribution in [1.29, 1.82) is 0 Å². The van der Waals surface area contributed by atoms with Gasteiger partial charge in [-0.25, -0.2) is 0 Å². The zero-order chi connectivity index (χ0) is 19.3. The molecule has 0 atom stereocenters. The minimum atomic E-state index is 0.00861. The second-order valence-corrected chi connectivity index (χ2v) is 6.88. The minimum absolute atomic E-state index is 0.00861. The maximum atomic E-state index is 13.3. The zero-order valence-corrected chi connectivity index (χ0v) is 14.9. The number of carbonyl (C=O) groups is 1. The van der Waals surface area contributed by atoms with E-state index in [-0.39, 0.29) is 17.3 Å². The fraction of sp³-hybridized carbons (Fsp3) is 0. The molecule has 0 aromatic heterocycles. The van der Waals surface area contributed by atoms with E-state index in [0.717, 1.165) is 33.4 Å². The number of rotatable bonds is 2. The van der Waals surface area contributed by atoms with E-state index in [1.807, 2.05) is 60.7 Å². The van der Waals surface area contributed by atoms with Gasteiger partial charge in [-0.3, -0.25) is 4.79 Å². The van der Waals surface area contributed by atoms with Crippen molar-refractivity contribution >= 4 is 5.78 Å². The van der Waals surface area contributed by atoms with Crippen LogP contribution in [0.2, 0.25) is 0 Å². The van der Waals surface area contributed by atoms with Gasteiger partial charge in [0.25, 0.3) is 0 Å². The zero-order valence-electron chi connectivity index (χ0n) is 14.9. The van der Waals surface area contributed by atoms with Crippen LogP contribution in [-0.2, 0) is 0 Å². The van der Waals surface area contributed by atoms with E-state index in [2.05, 4.69) is 0 Å². The molecule has 0 amide bonds. The van der Waals surface area contributed by atoms with Crippen molar-refractivity contribution in [2.24, 2.45) is 0 Å². The van der Waals surface area contributed by atoms with Gasteiger partial charge >= 0.3 is 0 Å². The van der Waals surface area contributed by atoms with E-state index >= 15 is 0 Å². The average molecular weight is 364 g/mol.